The van der Waals surface area contributed by atoms with E-state index in [1.165, 1.54) is 0 Å². The molecule has 1 unspecified atom stereocenters. The van der Waals surface area contributed by atoms with E-state index in [0.717, 1.165) is 12.2 Å². The van der Waals surface area contributed by atoms with Crippen molar-refractivity contribution < 1.29 is 4.79 Å². The SMILES string of the molecule is CCC(CSC)N(C)C(=O)CNC(C)C. The van der Waals surface area contributed by atoms with Crippen molar-refractivity contribution in [3.63, 3.8) is 0 Å². The van der Waals surface area contributed by atoms with Gasteiger partial charge >= 0.3 is 0 Å². The summed E-state index contributed by atoms with van der Waals surface area (Å²) in [6.45, 7) is 6.67. The fraction of sp³-hybridized carbons (Fsp3) is 0.909. The standard InChI is InChI=1S/C11H24N2OS/c1-6-10(8-15-5)13(4)11(14)7-12-9(2)3/h9-10,12H,6-8H2,1-5H3. The van der Waals surface area contributed by atoms with E-state index in [9.17, 15) is 4.79 Å². The number of amides is 1. The van der Waals surface area contributed by atoms with Crippen LogP contribution < -0.4 is 5.32 Å². The maximum absolute atomic E-state index is 11.8. The lowest BCUT2D eigenvalue weighted by atomic mass is 10.2. The molecule has 4 heteroatoms. The van der Waals surface area contributed by atoms with Crippen LogP contribution in [0.2, 0.25) is 0 Å². The summed E-state index contributed by atoms with van der Waals surface area (Å²) in [5, 5.41) is 3.15. The van der Waals surface area contributed by atoms with E-state index in [1.807, 2.05) is 25.8 Å². The Hall–Kier alpha value is -0.220. The molecule has 90 valence electrons. The zero-order chi connectivity index (χ0) is 11.8. The molecule has 1 amide bonds. The molecule has 1 atom stereocenters. The largest absolute Gasteiger partial charge is 0.341 e. The van der Waals surface area contributed by atoms with Crippen molar-refractivity contribution >= 4 is 17.7 Å². The molecule has 0 saturated carbocycles. The highest BCUT2D eigenvalue weighted by Crippen LogP contribution is 2.08. The number of carbonyl (C=O) groups is 1. The van der Waals surface area contributed by atoms with Gasteiger partial charge in [-0.3, -0.25) is 4.79 Å². The van der Waals surface area contributed by atoms with Crippen LogP contribution in [0.5, 0.6) is 0 Å². The summed E-state index contributed by atoms with van der Waals surface area (Å²) >= 11 is 1.79. The van der Waals surface area contributed by atoms with Crippen LogP contribution in [0.4, 0.5) is 0 Å². The van der Waals surface area contributed by atoms with Gasteiger partial charge in [0.05, 0.1) is 6.54 Å². The van der Waals surface area contributed by atoms with E-state index in [1.54, 1.807) is 11.8 Å². The number of thioether (sulfide) groups is 1. The predicted molar refractivity (Wildman–Crippen MR) is 68.4 cm³/mol. The van der Waals surface area contributed by atoms with Crippen molar-refractivity contribution in [2.24, 2.45) is 0 Å². The van der Waals surface area contributed by atoms with Gasteiger partial charge in [-0.1, -0.05) is 20.8 Å². The number of carbonyl (C=O) groups excluding carboxylic acids is 1. The summed E-state index contributed by atoms with van der Waals surface area (Å²) in [5.41, 5.74) is 0. The molecule has 0 aliphatic carbocycles. The quantitative estimate of drug-likeness (QED) is 0.723. The molecule has 0 heterocycles. The van der Waals surface area contributed by atoms with E-state index in [-0.39, 0.29) is 5.91 Å². The molecule has 0 fully saturated rings. The normalized spacial score (nSPS) is 12.9. The van der Waals surface area contributed by atoms with E-state index in [0.29, 0.717) is 18.6 Å². The Morgan fingerprint density at radius 1 is 1.47 bits per heavy atom. The van der Waals surface area contributed by atoms with Gasteiger partial charge in [0.25, 0.3) is 0 Å². The predicted octanol–water partition coefficient (Wildman–Crippen LogP) is 1.58. The second-order valence-electron chi connectivity index (χ2n) is 4.06. The highest BCUT2D eigenvalue weighted by atomic mass is 32.2. The fourth-order valence-corrected chi connectivity index (χ4v) is 2.16. The second-order valence-corrected chi connectivity index (χ2v) is 4.97. The van der Waals surface area contributed by atoms with E-state index < -0.39 is 0 Å². The number of rotatable bonds is 7. The zero-order valence-electron chi connectivity index (χ0n) is 10.5. The Balaban J connectivity index is 4.04. The third kappa shape index (κ3) is 6.05. The first-order valence-electron chi connectivity index (χ1n) is 5.50. The van der Waals surface area contributed by atoms with Crippen molar-refractivity contribution in [3.05, 3.63) is 0 Å². The van der Waals surface area contributed by atoms with Crippen LogP contribution in [0.3, 0.4) is 0 Å². The highest BCUT2D eigenvalue weighted by molar-refractivity contribution is 7.98. The first-order chi connectivity index (χ1) is 7.02. The van der Waals surface area contributed by atoms with Crippen molar-refractivity contribution in [2.75, 3.05) is 25.6 Å². The molecule has 0 aliphatic rings. The molecular weight excluding hydrogens is 208 g/mol. The van der Waals surface area contributed by atoms with Crippen LogP contribution in [-0.4, -0.2) is 48.5 Å². The van der Waals surface area contributed by atoms with Gasteiger partial charge in [0, 0.05) is 24.9 Å². The second kappa shape index (κ2) is 7.99. The average molecular weight is 232 g/mol. The minimum absolute atomic E-state index is 0.185. The first-order valence-corrected chi connectivity index (χ1v) is 6.90. The van der Waals surface area contributed by atoms with Gasteiger partial charge in [-0.15, -0.1) is 0 Å². The van der Waals surface area contributed by atoms with Crippen LogP contribution >= 0.6 is 11.8 Å². The number of likely N-dealkylation sites (N-methyl/N-ethyl adjacent to an activating group) is 1. The Labute approximate surface area is 98.0 Å². The third-order valence-electron chi connectivity index (χ3n) is 2.43. The lowest BCUT2D eigenvalue weighted by Crippen LogP contribution is -2.44. The van der Waals surface area contributed by atoms with Gasteiger partial charge in [-0.2, -0.15) is 11.8 Å². The maximum Gasteiger partial charge on any atom is 0.236 e. The fourth-order valence-electron chi connectivity index (χ4n) is 1.32. The molecule has 1 N–H and O–H groups in total. The van der Waals surface area contributed by atoms with E-state index >= 15 is 0 Å². The summed E-state index contributed by atoms with van der Waals surface area (Å²) in [5.74, 6) is 1.20. The molecule has 15 heavy (non-hydrogen) atoms. The Morgan fingerprint density at radius 3 is 2.47 bits per heavy atom. The van der Waals surface area contributed by atoms with Crippen LogP contribution in [0.15, 0.2) is 0 Å². The van der Waals surface area contributed by atoms with Gasteiger partial charge < -0.3 is 10.2 Å². The van der Waals surface area contributed by atoms with Gasteiger partial charge in [0.1, 0.15) is 0 Å². The molecular formula is C11H24N2OS. The van der Waals surface area contributed by atoms with Crippen LogP contribution in [0, 0.1) is 0 Å². The van der Waals surface area contributed by atoms with Crippen molar-refractivity contribution in [3.8, 4) is 0 Å². The molecule has 0 aromatic carbocycles. The molecule has 0 bridgehead atoms. The number of hydrogen-bond acceptors (Lipinski definition) is 3. The number of nitrogens with one attached hydrogen (secondary N) is 1. The molecule has 3 nitrogen and oxygen atoms in total. The lowest BCUT2D eigenvalue weighted by molar-refractivity contribution is -0.130. The molecule has 0 aliphatic heterocycles. The number of hydrogen-bond donors (Lipinski definition) is 1. The zero-order valence-corrected chi connectivity index (χ0v) is 11.4. The van der Waals surface area contributed by atoms with Gasteiger partial charge in [0.15, 0.2) is 0 Å². The summed E-state index contributed by atoms with van der Waals surface area (Å²) in [6, 6.07) is 0.726. The Bertz CT molecular complexity index is 185. The minimum Gasteiger partial charge on any atom is -0.341 e. The van der Waals surface area contributed by atoms with Crippen LogP contribution in [0.1, 0.15) is 27.2 Å². The molecule has 0 aromatic heterocycles. The van der Waals surface area contributed by atoms with Crippen molar-refractivity contribution in [1.29, 1.82) is 0 Å². The molecule has 0 spiro atoms. The number of nitrogens with zero attached hydrogens (tertiary/aromatic N) is 1. The van der Waals surface area contributed by atoms with Gasteiger partial charge in [0.2, 0.25) is 5.91 Å². The van der Waals surface area contributed by atoms with Gasteiger partial charge in [-0.05, 0) is 12.7 Å². The monoisotopic (exact) mass is 232 g/mol. The van der Waals surface area contributed by atoms with E-state index in [2.05, 4.69) is 18.5 Å². The van der Waals surface area contributed by atoms with Crippen LogP contribution in [0.25, 0.3) is 0 Å². The average Bonchev–Trinajstić information content (AvgIpc) is 2.21. The summed E-state index contributed by atoms with van der Waals surface area (Å²) in [7, 11) is 1.90. The van der Waals surface area contributed by atoms with Gasteiger partial charge in [-0.25, -0.2) is 0 Å². The minimum atomic E-state index is 0.185. The molecule has 0 radical (unpaired) electrons. The van der Waals surface area contributed by atoms with Crippen LogP contribution in [-0.2, 0) is 4.79 Å². The van der Waals surface area contributed by atoms with Crippen molar-refractivity contribution in [2.45, 2.75) is 39.3 Å². The summed E-state index contributed by atoms with van der Waals surface area (Å²) in [4.78, 5) is 13.6. The summed E-state index contributed by atoms with van der Waals surface area (Å²) < 4.78 is 0. The van der Waals surface area contributed by atoms with Crippen molar-refractivity contribution in [1.82, 2.24) is 10.2 Å². The summed E-state index contributed by atoms with van der Waals surface area (Å²) in [6.07, 6.45) is 3.10. The smallest absolute Gasteiger partial charge is 0.236 e. The topological polar surface area (TPSA) is 32.3 Å². The third-order valence-corrected chi connectivity index (χ3v) is 3.15. The molecule has 0 rings (SSSR count). The lowest BCUT2D eigenvalue weighted by Gasteiger charge is -2.27. The highest BCUT2D eigenvalue weighted by Gasteiger charge is 2.17. The molecule has 0 saturated heterocycles. The molecule has 0 aromatic rings. The first kappa shape index (κ1) is 14.8. The Kier molecular flexibility index (Phi) is 7.88. The maximum atomic E-state index is 11.8. The Morgan fingerprint density at radius 2 is 2.07 bits per heavy atom. The van der Waals surface area contributed by atoms with E-state index in [4.69, 9.17) is 0 Å².